The number of hydrogen-bond donors (Lipinski definition) is 1. The highest BCUT2D eigenvalue weighted by atomic mass is 79.9. The highest BCUT2D eigenvalue weighted by Crippen LogP contribution is 2.40. The predicted octanol–water partition coefficient (Wildman–Crippen LogP) is 6.24. The average Bonchev–Trinajstić information content (AvgIpc) is 3.30. The Labute approximate surface area is 178 Å². The summed E-state index contributed by atoms with van der Waals surface area (Å²) >= 11 is 8.42. The second-order valence-corrected chi connectivity index (χ2v) is 8.45. The lowest BCUT2D eigenvalue weighted by Crippen LogP contribution is -2.12. The van der Waals surface area contributed by atoms with Crippen LogP contribution < -0.4 is 5.32 Å². The van der Waals surface area contributed by atoms with Crippen molar-refractivity contribution in [1.82, 2.24) is 4.98 Å². The van der Waals surface area contributed by atoms with E-state index in [1.807, 2.05) is 30.3 Å². The Morgan fingerprint density at radius 3 is 2.68 bits per heavy atom. The summed E-state index contributed by atoms with van der Waals surface area (Å²) in [4.78, 5) is 27.3. The number of nitrogens with one attached hydrogen (secondary N) is 1. The van der Waals surface area contributed by atoms with Crippen molar-refractivity contribution >= 4 is 70.9 Å². The van der Waals surface area contributed by atoms with Crippen LogP contribution >= 0.6 is 43.2 Å². The molecule has 0 spiro atoms. The van der Waals surface area contributed by atoms with E-state index < -0.39 is 16.7 Å². The minimum atomic E-state index is -0.696. The summed E-state index contributed by atoms with van der Waals surface area (Å²) in [5, 5.41) is 14.3. The van der Waals surface area contributed by atoms with Gasteiger partial charge in [-0.15, -0.1) is 11.3 Å². The lowest BCUT2D eigenvalue weighted by molar-refractivity contribution is -0.402. The molecule has 2 aromatic carbocycles. The molecule has 0 aliphatic rings. The van der Waals surface area contributed by atoms with E-state index in [9.17, 15) is 14.9 Å². The first-order chi connectivity index (χ1) is 13.4. The summed E-state index contributed by atoms with van der Waals surface area (Å²) in [5.41, 5.74) is 2.06. The molecule has 4 aromatic rings. The quantitative estimate of drug-likeness (QED) is 0.252. The van der Waals surface area contributed by atoms with E-state index >= 15 is 0 Å². The Bertz CT molecular complexity index is 1200. The van der Waals surface area contributed by atoms with E-state index in [-0.39, 0.29) is 5.76 Å². The third-order valence-corrected chi connectivity index (χ3v) is 5.97. The molecular formula is C18H9Br2N3O4S. The average molecular weight is 523 g/mol. The molecule has 0 atom stereocenters. The van der Waals surface area contributed by atoms with Gasteiger partial charge in [0.2, 0.25) is 0 Å². The zero-order chi connectivity index (χ0) is 19.8. The number of nitrogens with zero attached hydrogens (tertiary/aromatic N) is 2. The first-order valence-electron chi connectivity index (χ1n) is 7.83. The molecule has 10 heteroatoms. The molecule has 0 saturated carbocycles. The molecule has 2 aromatic heterocycles. The van der Waals surface area contributed by atoms with Crippen LogP contribution in [0, 0.1) is 10.1 Å². The highest BCUT2D eigenvalue weighted by molar-refractivity contribution is 9.11. The maximum atomic E-state index is 12.6. The van der Waals surface area contributed by atoms with Crippen molar-refractivity contribution in [1.29, 1.82) is 0 Å². The smallest absolute Gasteiger partial charge is 0.395 e. The molecular weight excluding hydrogens is 514 g/mol. The Morgan fingerprint density at radius 1 is 1.18 bits per heavy atom. The van der Waals surface area contributed by atoms with Crippen LogP contribution in [-0.4, -0.2) is 15.8 Å². The summed E-state index contributed by atoms with van der Waals surface area (Å²) in [6.07, 6.45) is 0. The molecule has 0 aliphatic carbocycles. The Balaban J connectivity index is 1.76. The third-order valence-electron chi connectivity index (χ3n) is 3.81. The van der Waals surface area contributed by atoms with E-state index in [1.165, 1.54) is 17.4 Å². The lowest BCUT2D eigenvalue weighted by atomic mass is 10.2. The number of amides is 1. The molecule has 0 unspecified atom stereocenters. The van der Waals surface area contributed by atoms with Gasteiger partial charge in [-0.25, -0.2) is 4.98 Å². The summed E-state index contributed by atoms with van der Waals surface area (Å²) in [6, 6.07) is 13.8. The van der Waals surface area contributed by atoms with Crippen LogP contribution in [0.1, 0.15) is 10.6 Å². The molecule has 1 amide bonds. The standard InChI is InChI=1S/C18H9Br2N3O4S/c19-9-7-10(18-21-12-3-1-2-4-14(12)28-18)16(11(20)8-9)22-17(24)13-5-6-15(27-13)23(25)26/h1-8H,(H,22,24). The van der Waals surface area contributed by atoms with Gasteiger partial charge in [0, 0.05) is 14.5 Å². The van der Waals surface area contributed by atoms with Crippen LogP contribution in [0.25, 0.3) is 20.8 Å². The minimum absolute atomic E-state index is 0.156. The topological polar surface area (TPSA) is 98.3 Å². The number of benzene rings is 2. The van der Waals surface area contributed by atoms with E-state index in [0.717, 1.165) is 25.8 Å². The van der Waals surface area contributed by atoms with Crippen LogP contribution in [-0.2, 0) is 0 Å². The fourth-order valence-corrected chi connectivity index (χ4v) is 4.89. The monoisotopic (exact) mass is 521 g/mol. The van der Waals surface area contributed by atoms with Gasteiger partial charge >= 0.3 is 5.88 Å². The molecule has 0 fully saturated rings. The van der Waals surface area contributed by atoms with Crippen LogP contribution in [0.15, 0.2) is 61.9 Å². The number of anilines is 1. The first-order valence-corrected chi connectivity index (χ1v) is 10.2. The molecule has 0 radical (unpaired) electrons. The molecule has 140 valence electrons. The van der Waals surface area contributed by atoms with Crippen molar-refractivity contribution in [3.63, 3.8) is 0 Å². The molecule has 0 saturated heterocycles. The number of halogens is 2. The van der Waals surface area contributed by atoms with Crippen molar-refractivity contribution in [2.24, 2.45) is 0 Å². The van der Waals surface area contributed by atoms with Gasteiger partial charge in [-0.2, -0.15) is 0 Å². The number of fused-ring (bicyclic) bond motifs is 1. The molecule has 4 rings (SSSR count). The number of nitro groups is 1. The zero-order valence-electron chi connectivity index (χ0n) is 13.8. The molecule has 0 bridgehead atoms. The summed E-state index contributed by atoms with van der Waals surface area (Å²) < 4.78 is 7.44. The number of carbonyl (C=O) groups is 1. The van der Waals surface area contributed by atoms with Gasteiger partial charge in [0.05, 0.1) is 22.0 Å². The molecule has 1 N–H and O–H groups in total. The SMILES string of the molecule is O=C(Nc1c(Br)cc(Br)cc1-c1nc2ccccc2s1)c1ccc([N+](=O)[O-])o1. The van der Waals surface area contributed by atoms with Gasteiger partial charge < -0.3 is 9.73 Å². The second-order valence-electron chi connectivity index (χ2n) is 5.65. The van der Waals surface area contributed by atoms with E-state index in [4.69, 9.17) is 4.42 Å². The van der Waals surface area contributed by atoms with E-state index in [1.54, 1.807) is 6.07 Å². The number of rotatable bonds is 4. The van der Waals surface area contributed by atoms with Crippen LogP contribution in [0.3, 0.4) is 0 Å². The number of carbonyl (C=O) groups excluding carboxylic acids is 1. The second kappa shape index (κ2) is 7.46. The minimum Gasteiger partial charge on any atom is -0.395 e. The Morgan fingerprint density at radius 2 is 1.96 bits per heavy atom. The lowest BCUT2D eigenvalue weighted by Gasteiger charge is -2.11. The van der Waals surface area contributed by atoms with Gasteiger partial charge in [-0.3, -0.25) is 14.9 Å². The predicted molar refractivity (Wildman–Crippen MR) is 114 cm³/mol. The molecule has 28 heavy (non-hydrogen) atoms. The number of para-hydroxylation sites is 1. The van der Waals surface area contributed by atoms with Crippen molar-refractivity contribution in [3.05, 3.63) is 73.4 Å². The van der Waals surface area contributed by atoms with Crippen LogP contribution in [0.4, 0.5) is 11.6 Å². The maximum Gasteiger partial charge on any atom is 0.433 e. The van der Waals surface area contributed by atoms with Crippen molar-refractivity contribution in [2.45, 2.75) is 0 Å². The summed E-state index contributed by atoms with van der Waals surface area (Å²) in [5.74, 6) is -1.25. The third kappa shape index (κ3) is 3.58. The van der Waals surface area contributed by atoms with Gasteiger partial charge in [-0.05, 0) is 46.3 Å². The number of hydrogen-bond acceptors (Lipinski definition) is 6. The highest BCUT2D eigenvalue weighted by Gasteiger charge is 2.21. The number of thiazole rings is 1. The first kappa shape index (κ1) is 18.8. The number of furan rings is 1. The van der Waals surface area contributed by atoms with Crippen molar-refractivity contribution in [3.8, 4) is 10.6 Å². The zero-order valence-corrected chi connectivity index (χ0v) is 17.8. The summed E-state index contributed by atoms with van der Waals surface area (Å²) in [7, 11) is 0. The van der Waals surface area contributed by atoms with Gasteiger partial charge in [0.1, 0.15) is 9.93 Å². The molecule has 0 aliphatic heterocycles. The van der Waals surface area contributed by atoms with Gasteiger partial charge in [-0.1, -0.05) is 28.1 Å². The van der Waals surface area contributed by atoms with Crippen LogP contribution in [0.2, 0.25) is 0 Å². The van der Waals surface area contributed by atoms with Gasteiger partial charge in [0.25, 0.3) is 5.91 Å². The largest absolute Gasteiger partial charge is 0.433 e. The number of aromatic nitrogens is 1. The fraction of sp³-hybridized carbons (Fsp3) is 0. The van der Waals surface area contributed by atoms with Crippen LogP contribution in [0.5, 0.6) is 0 Å². The molecule has 7 nitrogen and oxygen atoms in total. The maximum absolute atomic E-state index is 12.6. The van der Waals surface area contributed by atoms with E-state index in [2.05, 4.69) is 42.2 Å². The molecule has 2 heterocycles. The normalized spacial score (nSPS) is 10.9. The summed E-state index contributed by atoms with van der Waals surface area (Å²) in [6.45, 7) is 0. The Kier molecular flexibility index (Phi) is 5.00. The Hall–Kier alpha value is -2.56. The van der Waals surface area contributed by atoms with Gasteiger partial charge in [0.15, 0.2) is 5.76 Å². The fourth-order valence-electron chi connectivity index (χ4n) is 2.58. The van der Waals surface area contributed by atoms with E-state index in [0.29, 0.717) is 15.7 Å². The van der Waals surface area contributed by atoms with Crippen molar-refractivity contribution in [2.75, 3.05) is 5.32 Å². The van der Waals surface area contributed by atoms with Crippen molar-refractivity contribution < 1.29 is 14.1 Å².